The van der Waals surface area contributed by atoms with E-state index in [0.29, 0.717) is 21.0 Å². The summed E-state index contributed by atoms with van der Waals surface area (Å²) in [6.45, 7) is 0. The number of anilines is 1. The Kier molecular flexibility index (Phi) is 4.48. The van der Waals surface area contributed by atoms with Crippen LogP contribution in [0.3, 0.4) is 0 Å². The number of carbonyl (C=O) groups excluding carboxylic acids is 1. The van der Waals surface area contributed by atoms with Gasteiger partial charge in [-0.3, -0.25) is 9.69 Å². The van der Waals surface area contributed by atoms with Gasteiger partial charge >= 0.3 is 5.97 Å². The average Bonchev–Trinajstić information content (AvgIpc) is 3.02. The second-order valence-electron chi connectivity index (χ2n) is 4.67. The Balaban J connectivity index is 1.94. The lowest BCUT2D eigenvalue weighted by Gasteiger charge is -2.15. The Morgan fingerprint density at radius 1 is 1.33 bits per heavy atom. The molecule has 0 saturated carbocycles. The fraction of sp³-hybridized carbons (Fsp3) is 0. The van der Waals surface area contributed by atoms with E-state index < -0.39 is 11.7 Å². The van der Waals surface area contributed by atoms with Gasteiger partial charge in [-0.15, -0.1) is 0 Å². The van der Waals surface area contributed by atoms with Gasteiger partial charge in [-0.05, 0) is 40.2 Å². The maximum Gasteiger partial charge on any atom is 0.339 e. The third kappa shape index (κ3) is 3.10. The summed E-state index contributed by atoms with van der Waals surface area (Å²) < 4.78 is 6.16. The van der Waals surface area contributed by atoms with Crippen molar-refractivity contribution >= 4 is 67.9 Å². The van der Waals surface area contributed by atoms with Crippen LogP contribution in [0.15, 0.2) is 44.3 Å². The molecule has 24 heavy (non-hydrogen) atoms. The predicted octanol–water partition coefficient (Wildman–Crippen LogP) is 3.85. The van der Waals surface area contributed by atoms with E-state index in [2.05, 4.69) is 15.9 Å². The van der Waals surface area contributed by atoms with Crippen LogP contribution in [-0.2, 0) is 4.79 Å². The molecule has 0 bridgehead atoms. The van der Waals surface area contributed by atoms with Gasteiger partial charge < -0.3 is 14.6 Å². The van der Waals surface area contributed by atoms with Crippen molar-refractivity contribution in [2.24, 2.45) is 0 Å². The Hall–Kier alpha value is -2.10. The van der Waals surface area contributed by atoms with E-state index >= 15 is 0 Å². The van der Waals surface area contributed by atoms with Crippen LogP contribution in [0.1, 0.15) is 16.1 Å². The molecule has 1 amide bonds. The first-order valence-corrected chi connectivity index (χ1v) is 8.48. The molecular weight excluding hydrogens is 418 g/mol. The van der Waals surface area contributed by atoms with E-state index in [0.717, 1.165) is 11.8 Å². The maximum absolute atomic E-state index is 12.6. The van der Waals surface area contributed by atoms with Crippen LogP contribution in [0.4, 0.5) is 5.69 Å². The molecule has 6 nitrogen and oxygen atoms in total. The van der Waals surface area contributed by atoms with E-state index in [-0.39, 0.29) is 15.8 Å². The molecule has 2 aromatic rings. The number of amides is 1. The summed E-state index contributed by atoms with van der Waals surface area (Å²) >= 11 is 9.49. The second-order valence-corrected chi connectivity index (χ2v) is 7.12. The molecule has 2 heterocycles. The molecule has 122 valence electrons. The lowest BCUT2D eigenvalue weighted by molar-refractivity contribution is -0.113. The Morgan fingerprint density at radius 2 is 2.08 bits per heavy atom. The summed E-state index contributed by atoms with van der Waals surface area (Å²) in [4.78, 5) is 25.1. The number of aromatic hydroxyl groups is 1. The third-order valence-electron chi connectivity index (χ3n) is 3.13. The van der Waals surface area contributed by atoms with Gasteiger partial charge in [0.05, 0.1) is 10.6 Å². The fourth-order valence-corrected chi connectivity index (χ4v) is 3.66. The number of hydrogen-bond acceptors (Lipinski definition) is 6. The minimum absolute atomic E-state index is 0.250. The number of nitrogens with zero attached hydrogens (tertiary/aromatic N) is 1. The predicted molar refractivity (Wildman–Crippen MR) is 97.1 cm³/mol. The summed E-state index contributed by atoms with van der Waals surface area (Å²) in [5, 5.41) is 18.7. The SMILES string of the molecule is O=C(O)c1ccc(N2C(=O)C(=Cc3ccc(Br)o3)SC2=S)cc1O. The number of carboxylic acids is 1. The van der Waals surface area contributed by atoms with E-state index in [9.17, 15) is 14.7 Å². The van der Waals surface area contributed by atoms with Crippen molar-refractivity contribution in [1.82, 2.24) is 0 Å². The number of carboxylic acid groups (broad SMARTS) is 1. The van der Waals surface area contributed by atoms with Gasteiger partial charge in [0.1, 0.15) is 17.1 Å². The Labute approximate surface area is 153 Å². The number of halogens is 1. The molecule has 1 aromatic carbocycles. The molecule has 1 aliphatic heterocycles. The second kappa shape index (κ2) is 6.42. The summed E-state index contributed by atoms with van der Waals surface area (Å²) in [6, 6.07) is 7.24. The zero-order valence-corrected chi connectivity index (χ0v) is 14.9. The maximum atomic E-state index is 12.6. The molecule has 0 radical (unpaired) electrons. The van der Waals surface area contributed by atoms with Gasteiger partial charge in [-0.25, -0.2) is 4.79 Å². The van der Waals surface area contributed by atoms with Crippen molar-refractivity contribution in [3.63, 3.8) is 0 Å². The lowest BCUT2D eigenvalue weighted by Crippen LogP contribution is -2.27. The zero-order chi connectivity index (χ0) is 17.4. The molecule has 2 N–H and O–H groups in total. The number of carbonyl (C=O) groups is 2. The third-order valence-corrected chi connectivity index (χ3v) is 4.86. The van der Waals surface area contributed by atoms with Crippen molar-refractivity contribution < 1.29 is 24.2 Å². The van der Waals surface area contributed by atoms with Gasteiger partial charge in [-0.2, -0.15) is 0 Å². The van der Waals surface area contributed by atoms with E-state index in [4.69, 9.17) is 21.7 Å². The molecule has 1 aliphatic rings. The number of benzene rings is 1. The molecule has 3 rings (SSSR count). The van der Waals surface area contributed by atoms with Crippen LogP contribution in [0.25, 0.3) is 6.08 Å². The Morgan fingerprint density at radius 3 is 2.67 bits per heavy atom. The number of furan rings is 1. The normalized spacial score (nSPS) is 16.2. The van der Waals surface area contributed by atoms with Crippen LogP contribution < -0.4 is 4.90 Å². The number of phenols is 1. The minimum Gasteiger partial charge on any atom is -0.507 e. The molecule has 0 aliphatic carbocycles. The highest BCUT2D eigenvalue weighted by atomic mass is 79.9. The number of thioether (sulfide) groups is 1. The lowest BCUT2D eigenvalue weighted by atomic mass is 10.1. The quantitative estimate of drug-likeness (QED) is 0.569. The number of thiocarbonyl (C=S) groups is 1. The minimum atomic E-state index is -1.26. The molecule has 1 fully saturated rings. The van der Waals surface area contributed by atoms with E-state index in [1.165, 1.54) is 23.1 Å². The topological polar surface area (TPSA) is 91.0 Å². The first-order valence-electron chi connectivity index (χ1n) is 6.46. The van der Waals surface area contributed by atoms with Crippen molar-refractivity contribution in [2.75, 3.05) is 4.90 Å². The molecule has 1 aromatic heterocycles. The van der Waals surface area contributed by atoms with Crippen molar-refractivity contribution in [2.45, 2.75) is 0 Å². The van der Waals surface area contributed by atoms with Crippen molar-refractivity contribution in [3.8, 4) is 5.75 Å². The molecule has 9 heteroatoms. The van der Waals surface area contributed by atoms with Gasteiger partial charge in [0.15, 0.2) is 8.99 Å². The van der Waals surface area contributed by atoms with Gasteiger partial charge in [-0.1, -0.05) is 24.0 Å². The van der Waals surface area contributed by atoms with Crippen molar-refractivity contribution in [3.05, 3.63) is 51.2 Å². The van der Waals surface area contributed by atoms with Crippen molar-refractivity contribution in [1.29, 1.82) is 0 Å². The smallest absolute Gasteiger partial charge is 0.339 e. The van der Waals surface area contributed by atoms with Crippen LogP contribution in [0, 0.1) is 0 Å². The highest BCUT2D eigenvalue weighted by molar-refractivity contribution is 9.10. The van der Waals surface area contributed by atoms with Crippen LogP contribution in [-0.4, -0.2) is 26.4 Å². The van der Waals surface area contributed by atoms with Crippen LogP contribution in [0.5, 0.6) is 5.75 Å². The summed E-state index contributed by atoms with van der Waals surface area (Å²) in [5.74, 6) is -1.58. The molecule has 0 unspecified atom stereocenters. The number of aromatic carboxylic acids is 1. The summed E-state index contributed by atoms with van der Waals surface area (Å²) in [7, 11) is 0. The van der Waals surface area contributed by atoms with Gasteiger partial charge in [0.2, 0.25) is 0 Å². The highest BCUT2D eigenvalue weighted by Gasteiger charge is 2.34. The number of rotatable bonds is 3. The first kappa shape index (κ1) is 16.7. The molecule has 0 spiro atoms. The van der Waals surface area contributed by atoms with Crippen LogP contribution >= 0.6 is 39.9 Å². The Bertz CT molecular complexity index is 905. The van der Waals surface area contributed by atoms with Gasteiger partial charge in [0.25, 0.3) is 5.91 Å². The monoisotopic (exact) mass is 425 g/mol. The van der Waals surface area contributed by atoms with Gasteiger partial charge in [0, 0.05) is 12.1 Å². The zero-order valence-electron chi connectivity index (χ0n) is 11.7. The molecular formula is C15H8BrNO5S2. The van der Waals surface area contributed by atoms with Crippen LogP contribution in [0.2, 0.25) is 0 Å². The average molecular weight is 426 g/mol. The first-order chi connectivity index (χ1) is 11.4. The number of hydrogen-bond donors (Lipinski definition) is 2. The summed E-state index contributed by atoms with van der Waals surface area (Å²) in [6.07, 6.45) is 1.57. The molecule has 0 atom stereocenters. The summed E-state index contributed by atoms with van der Waals surface area (Å²) in [5.41, 5.74) is 0.0456. The largest absolute Gasteiger partial charge is 0.507 e. The fourth-order valence-electron chi connectivity index (χ4n) is 2.07. The highest BCUT2D eigenvalue weighted by Crippen LogP contribution is 2.37. The molecule has 1 saturated heterocycles. The standard InChI is InChI=1S/C15H8BrNO5S2/c16-12-4-2-8(22-12)6-11-13(19)17(15(23)24-11)7-1-3-9(14(20)21)10(18)5-7/h1-6,18H,(H,20,21). The van der Waals surface area contributed by atoms with E-state index in [1.807, 2.05) is 0 Å². The van der Waals surface area contributed by atoms with E-state index in [1.54, 1.807) is 18.2 Å².